The van der Waals surface area contributed by atoms with Crippen LogP contribution < -0.4 is 0 Å². The van der Waals surface area contributed by atoms with E-state index in [0.29, 0.717) is 13.2 Å². The number of rotatable bonds is 29. The molecule has 0 aromatic heterocycles. The van der Waals surface area contributed by atoms with Crippen molar-refractivity contribution in [2.45, 2.75) is 147 Å². The number of hydrogen-bond donors (Lipinski definition) is 5. The van der Waals surface area contributed by atoms with Gasteiger partial charge in [-0.25, -0.2) is 4.79 Å². The lowest BCUT2D eigenvalue weighted by Gasteiger charge is -2.35. The smallest absolute Gasteiger partial charge is 0.378 e. The molecule has 42 heavy (non-hydrogen) atoms. The van der Waals surface area contributed by atoms with Gasteiger partial charge in [-0.1, -0.05) is 104 Å². The summed E-state index contributed by atoms with van der Waals surface area (Å²) in [6.45, 7) is 3.78. The highest BCUT2D eigenvalue weighted by Gasteiger charge is 2.56. The first-order valence-corrected chi connectivity index (χ1v) is 16.4. The van der Waals surface area contributed by atoms with E-state index in [2.05, 4.69) is 13.8 Å². The predicted molar refractivity (Wildman–Crippen MR) is 161 cm³/mol. The number of unbranched alkanes of at least 4 members (excludes halogenated alkanes) is 14. The number of aliphatic hydroxyl groups excluding tert-OH is 5. The molecule has 0 saturated heterocycles. The Hall–Kier alpha value is -1.43. The summed E-state index contributed by atoms with van der Waals surface area (Å²) in [6, 6.07) is 0. The number of esters is 1. The van der Waals surface area contributed by atoms with E-state index in [1.165, 1.54) is 64.2 Å². The topological polar surface area (TPSA) is 155 Å². The molecule has 0 aliphatic carbocycles. The van der Waals surface area contributed by atoms with Crippen molar-refractivity contribution in [3.8, 4) is 0 Å². The Labute approximate surface area is 253 Å². The van der Waals surface area contributed by atoms with E-state index in [4.69, 9.17) is 18.9 Å². The van der Waals surface area contributed by atoms with Gasteiger partial charge >= 0.3 is 5.97 Å². The molecular formula is C32H60O10. The molecule has 0 spiro atoms. The number of carbonyl (C=O) groups excluding carboxylic acids is 1. The average Bonchev–Trinajstić information content (AvgIpc) is 3.22. The van der Waals surface area contributed by atoms with Gasteiger partial charge in [-0.2, -0.15) is 0 Å². The van der Waals surface area contributed by atoms with Crippen molar-refractivity contribution in [1.82, 2.24) is 0 Å². The van der Waals surface area contributed by atoms with Crippen molar-refractivity contribution in [3.63, 3.8) is 0 Å². The third-order valence-corrected chi connectivity index (χ3v) is 7.74. The highest BCUT2D eigenvalue weighted by molar-refractivity contribution is 5.90. The standard InChI is InChI=1S/C32H60O10/c1-3-5-7-9-11-12-13-14-15-17-19-39-24-26(35)21-32(28(36)23-34)30(29(37)31(38)42-32)41-25-27(22-33)40-20-18-16-10-8-6-4-2/h26-28,33-37H,3-25H2,1-2H3/t26?,27?,28-,32+/m0/s1. The van der Waals surface area contributed by atoms with Crippen LogP contribution in [-0.2, 0) is 23.7 Å². The lowest BCUT2D eigenvalue weighted by atomic mass is 9.88. The van der Waals surface area contributed by atoms with Gasteiger partial charge in [-0.15, -0.1) is 0 Å². The largest absolute Gasteiger partial charge is 0.499 e. The average molecular weight is 605 g/mol. The molecule has 10 nitrogen and oxygen atoms in total. The minimum atomic E-state index is -2.00. The first kappa shape index (κ1) is 38.6. The summed E-state index contributed by atoms with van der Waals surface area (Å²) < 4.78 is 22.3. The zero-order chi connectivity index (χ0) is 31.1. The van der Waals surface area contributed by atoms with Gasteiger partial charge in [0.15, 0.2) is 5.76 Å². The predicted octanol–water partition coefficient (Wildman–Crippen LogP) is 4.85. The van der Waals surface area contributed by atoms with E-state index in [1.54, 1.807) is 0 Å². The van der Waals surface area contributed by atoms with Gasteiger partial charge in [0.25, 0.3) is 0 Å². The zero-order valence-corrected chi connectivity index (χ0v) is 26.3. The minimum absolute atomic E-state index is 0.0798. The van der Waals surface area contributed by atoms with Crippen molar-refractivity contribution in [2.75, 3.05) is 39.6 Å². The third kappa shape index (κ3) is 14.8. The Morgan fingerprint density at radius 1 is 0.738 bits per heavy atom. The number of ether oxygens (including phenoxy) is 4. The summed E-state index contributed by atoms with van der Waals surface area (Å²) in [7, 11) is 0. The van der Waals surface area contributed by atoms with Crippen LogP contribution in [0.2, 0.25) is 0 Å². The lowest BCUT2D eigenvalue weighted by molar-refractivity contribution is -0.172. The van der Waals surface area contributed by atoms with Gasteiger partial charge in [0.05, 0.1) is 25.9 Å². The quantitative estimate of drug-likeness (QED) is 0.0591. The van der Waals surface area contributed by atoms with Crippen LogP contribution in [0.3, 0.4) is 0 Å². The van der Waals surface area contributed by atoms with E-state index in [-0.39, 0.29) is 26.2 Å². The van der Waals surface area contributed by atoms with E-state index < -0.39 is 48.0 Å². The summed E-state index contributed by atoms with van der Waals surface area (Å²) in [5.74, 6) is -2.39. The summed E-state index contributed by atoms with van der Waals surface area (Å²) >= 11 is 0. The molecule has 0 amide bonds. The van der Waals surface area contributed by atoms with E-state index >= 15 is 0 Å². The van der Waals surface area contributed by atoms with Gasteiger partial charge in [0.2, 0.25) is 11.4 Å². The Bertz CT molecular complexity index is 715. The maximum absolute atomic E-state index is 12.3. The van der Waals surface area contributed by atoms with Crippen LogP contribution in [0, 0.1) is 0 Å². The Kier molecular flexibility index (Phi) is 22.0. The van der Waals surface area contributed by atoms with Gasteiger partial charge in [0.1, 0.15) is 18.8 Å². The van der Waals surface area contributed by atoms with Crippen molar-refractivity contribution in [3.05, 3.63) is 11.5 Å². The summed E-state index contributed by atoms with van der Waals surface area (Å²) in [5.41, 5.74) is -2.00. The lowest BCUT2D eigenvalue weighted by Crippen LogP contribution is -2.50. The summed E-state index contributed by atoms with van der Waals surface area (Å²) in [6.07, 6.45) is 14.6. The number of carbonyl (C=O) groups is 1. The van der Waals surface area contributed by atoms with E-state index in [1.807, 2.05) is 0 Å². The maximum atomic E-state index is 12.3. The van der Waals surface area contributed by atoms with E-state index in [9.17, 15) is 30.3 Å². The van der Waals surface area contributed by atoms with E-state index in [0.717, 1.165) is 38.5 Å². The molecule has 0 fully saturated rings. The van der Waals surface area contributed by atoms with Crippen molar-refractivity contribution in [1.29, 1.82) is 0 Å². The molecule has 4 atom stereocenters. The first-order chi connectivity index (χ1) is 20.4. The third-order valence-electron chi connectivity index (χ3n) is 7.74. The van der Waals surface area contributed by atoms with Crippen LogP contribution >= 0.6 is 0 Å². The maximum Gasteiger partial charge on any atom is 0.378 e. The van der Waals surface area contributed by atoms with Crippen LogP contribution in [0.25, 0.3) is 0 Å². The number of aliphatic hydroxyl groups is 5. The second-order valence-corrected chi connectivity index (χ2v) is 11.5. The fraction of sp³-hybridized carbons (Fsp3) is 0.906. The van der Waals surface area contributed by atoms with Gasteiger partial charge in [0, 0.05) is 19.6 Å². The van der Waals surface area contributed by atoms with Gasteiger partial charge in [-0.3, -0.25) is 0 Å². The van der Waals surface area contributed by atoms with Crippen LogP contribution in [0.4, 0.5) is 0 Å². The molecule has 248 valence electrons. The molecule has 5 N–H and O–H groups in total. The molecule has 1 heterocycles. The van der Waals surface area contributed by atoms with Gasteiger partial charge < -0.3 is 44.5 Å². The highest BCUT2D eigenvalue weighted by atomic mass is 16.6. The minimum Gasteiger partial charge on any atom is -0.499 e. The highest BCUT2D eigenvalue weighted by Crippen LogP contribution is 2.39. The summed E-state index contributed by atoms with van der Waals surface area (Å²) in [4.78, 5) is 12.3. The van der Waals surface area contributed by atoms with Crippen LogP contribution in [0.1, 0.15) is 123 Å². The molecule has 0 bridgehead atoms. The molecule has 1 aliphatic heterocycles. The normalized spacial score (nSPS) is 19.2. The molecule has 0 aromatic carbocycles. The zero-order valence-electron chi connectivity index (χ0n) is 26.3. The molecule has 0 saturated carbocycles. The molecule has 0 aromatic rings. The second-order valence-electron chi connectivity index (χ2n) is 11.5. The molecule has 10 heteroatoms. The fourth-order valence-corrected chi connectivity index (χ4v) is 5.16. The van der Waals surface area contributed by atoms with Crippen LogP contribution in [-0.4, -0.2) is 95.1 Å². The Morgan fingerprint density at radius 3 is 1.79 bits per heavy atom. The van der Waals surface area contributed by atoms with Crippen LogP contribution in [0.15, 0.2) is 11.5 Å². The summed E-state index contributed by atoms with van der Waals surface area (Å²) in [5, 5.41) is 51.2. The monoisotopic (exact) mass is 604 g/mol. The van der Waals surface area contributed by atoms with Crippen LogP contribution in [0.5, 0.6) is 0 Å². The SMILES string of the molecule is CCCCCCCCCCCCOCC(O)C[C@]1([C@@H](O)CO)OC(=O)C(O)=C1OCC(CO)OCCCCCCCC. The molecule has 0 radical (unpaired) electrons. The van der Waals surface area contributed by atoms with Crippen molar-refractivity contribution < 1.29 is 49.3 Å². The molecular weight excluding hydrogens is 544 g/mol. The molecule has 1 rings (SSSR count). The number of hydrogen-bond acceptors (Lipinski definition) is 10. The first-order valence-electron chi connectivity index (χ1n) is 16.4. The molecule has 1 aliphatic rings. The van der Waals surface area contributed by atoms with Crippen molar-refractivity contribution >= 4 is 5.97 Å². The number of cyclic esters (lactones) is 1. The Morgan fingerprint density at radius 2 is 1.26 bits per heavy atom. The second kappa shape index (κ2) is 24.0. The molecule has 2 unspecified atom stereocenters. The fourth-order valence-electron chi connectivity index (χ4n) is 5.16. The Balaban J connectivity index is 2.52. The van der Waals surface area contributed by atoms with Gasteiger partial charge in [-0.05, 0) is 12.8 Å². The van der Waals surface area contributed by atoms with Crippen molar-refractivity contribution in [2.24, 2.45) is 0 Å².